The third kappa shape index (κ3) is 5.24. The Balaban J connectivity index is 2.56. The number of carbonyl (C=O) groups is 1. The molecule has 1 aromatic carbocycles. The van der Waals surface area contributed by atoms with Crippen LogP contribution in [-0.2, 0) is 4.74 Å². The summed E-state index contributed by atoms with van der Waals surface area (Å²) in [5.41, 5.74) is 2.21. The Labute approximate surface area is 96.6 Å². The second-order valence-corrected chi connectivity index (χ2v) is 3.69. The van der Waals surface area contributed by atoms with Gasteiger partial charge in [-0.3, -0.25) is 5.32 Å². The van der Waals surface area contributed by atoms with Crippen LogP contribution < -0.4 is 5.32 Å². The molecule has 6 heteroatoms. The van der Waals surface area contributed by atoms with Crippen LogP contribution in [-0.4, -0.2) is 18.9 Å². The van der Waals surface area contributed by atoms with Crippen LogP contribution in [0.1, 0.15) is 11.1 Å². The third-order valence-electron chi connectivity index (χ3n) is 1.84. The maximum Gasteiger partial charge on any atom is 0.422 e. The number of carbonyl (C=O) groups excluding carboxylic acids is 1. The number of alkyl halides is 3. The fourth-order valence-corrected chi connectivity index (χ4v) is 1.35. The van der Waals surface area contributed by atoms with Crippen LogP contribution in [0.15, 0.2) is 18.2 Å². The van der Waals surface area contributed by atoms with E-state index in [0.29, 0.717) is 5.69 Å². The number of benzene rings is 1. The van der Waals surface area contributed by atoms with Gasteiger partial charge in [-0.05, 0) is 37.1 Å². The molecule has 0 bridgehead atoms. The zero-order chi connectivity index (χ0) is 13.1. The van der Waals surface area contributed by atoms with Crippen LogP contribution in [0.3, 0.4) is 0 Å². The van der Waals surface area contributed by atoms with Crippen molar-refractivity contribution in [3.63, 3.8) is 0 Å². The van der Waals surface area contributed by atoms with E-state index in [1.807, 2.05) is 19.9 Å². The van der Waals surface area contributed by atoms with Gasteiger partial charge in [0.1, 0.15) is 0 Å². The maximum atomic E-state index is 11.8. The van der Waals surface area contributed by atoms with Crippen LogP contribution in [0.2, 0.25) is 0 Å². The molecular formula is C11H12F3NO2. The molecule has 0 aliphatic carbocycles. The lowest BCUT2D eigenvalue weighted by Gasteiger charge is -2.10. The van der Waals surface area contributed by atoms with E-state index in [1.54, 1.807) is 12.1 Å². The molecule has 3 nitrogen and oxygen atoms in total. The summed E-state index contributed by atoms with van der Waals surface area (Å²) in [6.07, 6.45) is -5.63. The second kappa shape index (κ2) is 5.07. The Morgan fingerprint density at radius 1 is 1.24 bits per heavy atom. The van der Waals surface area contributed by atoms with Crippen molar-refractivity contribution in [2.75, 3.05) is 11.9 Å². The van der Waals surface area contributed by atoms with E-state index >= 15 is 0 Å². The minimum atomic E-state index is -4.51. The van der Waals surface area contributed by atoms with Crippen LogP contribution in [0, 0.1) is 13.8 Å². The molecule has 0 spiro atoms. The smallest absolute Gasteiger partial charge is 0.422 e. The summed E-state index contributed by atoms with van der Waals surface area (Å²) in [4.78, 5) is 11.0. The van der Waals surface area contributed by atoms with Crippen LogP contribution in [0.5, 0.6) is 0 Å². The van der Waals surface area contributed by atoms with Gasteiger partial charge in [0.05, 0.1) is 0 Å². The Morgan fingerprint density at radius 2 is 1.76 bits per heavy atom. The van der Waals surface area contributed by atoms with Gasteiger partial charge in [-0.25, -0.2) is 4.79 Å². The summed E-state index contributed by atoms with van der Waals surface area (Å²) in [5.74, 6) is 0. The third-order valence-corrected chi connectivity index (χ3v) is 1.84. The molecule has 0 unspecified atom stereocenters. The lowest BCUT2D eigenvalue weighted by molar-refractivity contribution is -0.159. The minimum Gasteiger partial charge on any atom is -0.440 e. The zero-order valence-electron chi connectivity index (χ0n) is 9.39. The number of ether oxygens (including phenoxy) is 1. The van der Waals surface area contributed by atoms with Gasteiger partial charge in [-0.1, -0.05) is 6.07 Å². The van der Waals surface area contributed by atoms with E-state index in [1.165, 1.54) is 0 Å². The van der Waals surface area contributed by atoms with E-state index in [0.717, 1.165) is 11.1 Å². The molecule has 0 heterocycles. The molecule has 0 fully saturated rings. The summed E-state index contributed by atoms with van der Waals surface area (Å²) in [7, 11) is 0. The molecule has 1 aromatic rings. The first-order chi connectivity index (χ1) is 7.76. The minimum absolute atomic E-state index is 0.412. The summed E-state index contributed by atoms with van der Waals surface area (Å²) in [6, 6.07) is 5.16. The molecule has 0 aromatic heterocycles. The first-order valence-electron chi connectivity index (χ1n) is 4.85. The van der Waals surface area contributed by atoms with Crippen molar-refractivity contribution in [1.29, 1.82) is 0 Å². The van der Waals surface area contributed by atoms with Crippen LogP contribution >= 0.6 is 0 Å². The molecule has 0 radical (unpaired) electrons. The number of halogens is 3. The molecule has 17 heavy (non-hydrogen) atoms. The van der Waals surface area contributed by atoms with E-state index in [9.17, 15) is 18.0 Å². The SMILES string of the molecule is Cc1cc(C)cc(NC(=O)OCC(F)(F)F)c1. The highest BCUT2D eigenvalue weighted by molar-refractivity contribution is 5.84. The lowest BCUT2D eigenvalue weighted by atomic mass is 10.1. The maximum absolute atomic E-state index is 11.8. The van der Waals surface area contributed by atoms with Gasteiger partial charge in [0.15, 0.2) is 6.61 Å². The van der Waals surface area contributed by atoms with Gasteiger partial charge in [0.25, 0.3) is 0 Å². The molecule has 1 amide bonds. The van der Waals surface area contributed by atoms with Gasteiger partial charge < -0.3 is 4.74 Å². The number of amides is 1. The van der Waals surface area contributed by atoms with E-state index in [2.05, 4.69) is 10.1 Å². The van der Waals surface area contributed by atoms with Crippen LogP contribution in [0.25, 0.3) is 0 Å². The molecule has 1 rings (SSSR count). The Kier molecular flexibility index (Phi) is 3.98. The normalized spacial score (nSPS) is 11.1. The Bertz CT molecular complexity index is 395. The van der Waals surface area contributed by atoms with Gasteiger partial charge in [0.2, 0.25) is 0 Å². The topological polar surface area (TPSA) is 38.3 Å². The number of hydrogen-bond donors (Lipinski definition) is 1. The molecule has 0 saturated carbocycles. The summed E-state index contributed by atoms with van der Waals surface area (Å²) < 4.78 is 39.3. The fraction of sp³-hybridized carbons (Fsp3) is 0.364. The van der Waals surface area contributed by atoms with Crippen molar-refractivity contribution in [2.24, 2.45) is 0 Å². The number of aryl methyl sites for hydroxylation is 2. The van der Waals surface area contributed by atoms with Crippen LogP contribution in [0.4, 0.5) is 23.7 Å². The summed E-state index contributed by atoms with van der Waals surface area (Å²) in [6.45, 7) is 2.04. The standard InChI is InChI=1S/C11H12F3NO2/c1-7-3-8(2)5-9(4-7)15-10(16)17-6-11(12,13)14/h3-5H,6H2,1-2H3,(H,15,16). The number of hydrogen-bond acceptors (Lipinski definition) is 2. The largest absolute Gasteiger partial charge is 0.440 e. The van der Waals surface area contributed by atoms with Gasteiger partial charge >= 0.3 is 12.3 Å². The highest BCUT2D eigenvalue weighted by atomic mass is 19.4. The van der Waals surface area contributed by atoms with Crippen molar-refractivity contribution >= 4 is 11.8 Å². The average Bonchev–Trinajstić information content (AvgIpc) is 2.11. The number of anilines is 1. The van der Waals surface area contributed by atoms with Crippen molar-refractivity contribution in [3.8, 4) is 0 Å². The second-order valence-electron chi connectivity index (χ2n) is 3.69. The predicted molar refractivity (Wildman–Crippen MR) is 56.9 cm³/mol. The molecule has 1 N–H and O–H groups in total. The lowest BCUT2D eigenvalue weighted by Crippen LogP contribution is -2.23. The van der Waals surface area contributed by atoms with Crippen molar-refractivity contribution in [2.45, 2.75) is 20.0 Å². The average molecular weight is 247 g/mol. The Morgan fingerprint density at radius 3 is 2.24 bits per heavy atom. The number of rotatable bonds is 2. The van der Waals surface area contributed by atoms with Crippen molar-refractivity contribution in [3.05, 3.63) is 29.3 Å². The Hall–Kier alpha value is -1.72. The van der Waals surface area contributed by atoms with E-state index in [4.69, 9.17) is 0 Å². The molecule has 0 aliphatic rings. The fourth-order valence-electron chi connectivity index (χ4n) is 1.35. The van der Waals surface area contributed by atoms with E-state index in [-0.39, 0.29) is 0 Å². The van der Waals surface area contributed by atoms with Gasteiger partial charge in [-0.15, -0.1) is 0 Å². The first-order valence-corrected chi connectivity index (χ1v) is 4.85. The predicted octanol–water partition coefficient (Wildman–Crippen LogP) is 3.41. The molecular weight excluding hydrogens is 235 g/mol. The van der Waals surface area contributed by atoms with Gasteiger partial charge in [-0.2, -0.15) is 13.2 Å². The zero-order valence-corrected chi connectivity index (χ0v) is 9.39. The number of nitrogens with one attached hydrogen (secondary N) is 1. The molecule has 0 aliphatic heterocycles. The summed E-state index contributed by atoms with van der Waals surface area (Å²) in [5, 5.41) is 2.24. The molecule has 0 saturated heterocycles. The van der Waals surface area contributed by atoms with Crippen molar-refractivity contribution < 1.29 is 22.7 Å². The molecule has 94 valence electrons. The highest BCUT2D eigenvalue weighted by Gasteiger charge is 2.29. The first kappa shape index (κ1) is 13.3. The molecule has 0 atom stereocenters. The van der Waals surface area contributed by atoms with Crippen molar-refractivity contribution in [1.82, 2.24) is 0 Å². The van der Waals surface area contributed by atoms with Gasteiger partial charge in [0, 0.05) is 5.69 Å². The monoisotopic (exact) mass is 247 g/mol. The van der Waals surface area contributed by atoms with E-state index < -0.39 is 18.9 Å². The highest BCUT2D eigenvalue weighted by Crippen LogP contribution is 2.16. The quantitative estimate of drug-likeness (QED) is 0.869. The summed E-state index contributed by atoms with van der Waals surface area (Å²) >= 11 is 0.